The molecule has 88 valence electrons. The minimum absolute atomic E-state index is 0.543. The Balaban J connectivity index is 2.13. The monoisotopic (exact) mass is 219 g/mol. The van der Waals surface area contributed by atoms with E-state index in [-0.39, 0.29) is 0 Å². The van der Waals surface area contributed by atoms with Crippen molar-refractivity contribution in [1.82, 2.24) is 5.32 Å². The van der Waals surface area contributed by atoms with Crippen molar-refractivity contribution in [3.8, 4) is 0 Å². The van der Waals surface area contributed by atoms with Gasteiger partial charge >= 0.3 is 0 Å². The maximum atomic E-state index is 10.4. The summed E-state index contributed by atoms with van der Waals surface area (Å²) in [6, 6.07) is 6.53. The second kappa shape index (κ2) is 4.56. The summed E-state index contributed by atoms with van der Waals surface area (Å²) in [5.74, 6) is 0. The summed E-state index contributed by atoms with van der Waals surface area (Å²) in [5.41, 5.74) is 3.27. The summed E-state index contributed by atoms with van der Waals surface area (Å²) in [6.07, 6.45) is 2.75. The Bertz CT molecular complexity index is 347. The molecule has 0 aromatic heterocycles. The van der Waals surface area contributed by atoms with Gasteiger partial charge in [0.15, 0.2) is 0 Å². The summed E-state index contributed by atoms with van der Waals surface area (Å²) < 4.78 is 0. The van der Waals surface area contributed by atoms with Gasteiger partial charge in [0.2, 0.25) is 0 Å². The molecule has 1 atom stereocenters. The first kappa shape index (κ1) is 11.6. The van der Waals surface area contributed by atoms with Gasteiger partial charge in [0, 0.05) is 13.0 Å². The van der Waals surface area contributed by atoms with E-state index in [0.717, 1.165) is 32.4 Å². The predicted octanol–water partition coefficient (Wildman–Crippen LogP) is 1.96. The van der Waals surface area contributed by atoms with Gasteiger partial charge in [0.1, 0.15) is 0 Å². The smallest absolute Gasteiger partial charge is 0.0812 e. The normalized spacial score (nSPS) is 25.7. The molecule has 0 radical (unpaired) electrons. The number of hydrogen-bond acceptors (Lipinski definition) is 2. The number of hydrogen-bond donors (Lipinski definition) is 2. The van der Waals surface area contributed by atoms with E-state index in [1.165, 1.54) is 16.7 Å². The maximum absolute atomic E-state index is 10.4. The van der Waals surface area contributed by atoms with Crippen LogP contribution >= 0.6 is 0 Å². The van der Waals surface area contributed by atoms with E-state index >= 15 is 0 Å². The zero-order valence-corrected chi connectivity index (χ0v) is 10.2. The van der Waals surface area contributed by atoms with Crippen molar-refractivity contribution in [2.75, 3.05) is 13.1 Å². The van der Waals surface area contributed by atoms with Crippen LogP contribution in [-0.4, -0.2) is 23.8 Å². The van der Waals surface area contributed by atoms with Gasteiger partial charge in [-0.25, -0.2) is 0 Å². The fourth-order valence-corrected chi connectivity index (χ4v) is 2.65. The number of nitrogens with one attached hydrogen (secondary N) is 1. The number of β-amino-alcohol motifs (C(OH)–C–C–N with tert-alkyl or cyclic N) is 1. The first-order chi connectivity index (χ1) is 7.57. The van der Waals surface area contributed by atoms with Crippen molar-refractivity contribution in [1.29, 1.82) is 0 Å². The molecule has 1 aliphatic heterocycles. The molecule has 2 nitrogen and oxygen atoms in total. The highest BCUT2D eigenvalue weighted by atomic mass is 16.3. The van der Waals surface area contributed by atoms with Gasteiger partial charge in [0.25, 0.3) is 0 Å². The molecule has 1 heterocycles. The highest BCUT2D eigenvalue weighted by Crippen LogP contribution is 2.22. The van der Waals surface area contributed by atoms with E-state index in [9.17, 15) is 5.11 Å². The standard InChI is InChI=1S/C14H21NO/c1-11-6-12(2)8-13(7-11)9-14(16)4-3-5-15-10-14/h6-8,15-16H,3-5,9-10H2,1-2H3. The largest absolute Gasteiger partial charge is 0.388 e. The summed E-state index contributed by atoms with van der Waals surface area (Å²) in [5, 5.41) is 13.7. The van der Waals surface area contributed by atoms with Crippen molar-refractivity contribution >= 4 is 0 Å². The lowest BCUT2D eigenvalue weighted by Gasteiger charge is -2.33. The number of aryl methyl sites for hydroxylation is 2. The molecule has 0 saturated carbocycles. The highest BCUT2D eigenvalue weighted by molar-refractivity contribution is 5.29. The maximum Gasteiger partial charge on any atom is 0.0812 e. The first-order valence-corrected chi connectivity index (χ1v) is 6.08. The van der Waals surface area contributed by atoms with Crippen LogP contribution in [0, 0.1) is 13.8 Å². The number of rotatable bonds is 2. The lowest BCUT2D eigenvalue weighted by Crippen LogP contribution is -2.47. The van der Waals surface area contributed by atoms with Crippen LogP contribution < -0.4 is 5.32 Å². The Morgan fingerprint density at radius 3 is 2.50 bits per heavy atom. The molecule has 0 bridgehead atoms. The van der Waals surface area contributed by atoms with Crippen LogP contribution in [0.25, 0.3) is 0 Å². The van der Waals surface area contributed by atoms with E-state index in [4.69, 9.17) is 0 Å². The molecule has 0 aliphatic carbocycles. The molecule has 1 aliphatic rings. The van der Waals surface area contributed by atoms with Crippen molar-refractivity contribution in [2.45, 2.75) is 38.7 Å². The fourth-order valence-electron chi connectivity index (χ4n) is 2.65. The Kier molecular flexibility index (Phi) is 3.31. The highest BCUT2D eigenvalue weighted by Gasteiger charge is 2.29. The lowest BCUT2D eigenvalue weighted by molar-refractivity contribution is 0.0169. The minimum atomic E-state index is -0.543. The molecule has 2 rings (SSSR count). The summed E-state index contributed by atoms with van der Waals surface area (Å²) in [6.45, 7) is 5.98. The van der Waals surface area contributed by atoms with Gasteiger partial charge < -0.3 is 10.4 Å². The Morgan fingerprint density at radius 1 is 1.25 bits per heavy atom. The molecule has 2 heteroatoms. The quantitative estimate of drug-likeness (QED) is 0.797. The predicted molar refractivity (Wildman–Crippen MR) is 66.7 cm³/mol. The average Bonchev–Trinajstić information content (AvgIpc) is 2.15. The molecule has 0 amide bonds. The van der Waals surface area contributed by atoms with Crippen LogP contribution in [0.15, 0.2) is 18.2 Å². The molecule has 2 N–H and O–H groups in total. The van der Waals surface area contributed by atoms with Crippen LogP contribution in [-0.2, 0) is 6.42 Å². The van der Waals surface area contributed by atoms with E-state index in [0.29, 0.717) is 0 Å². The SMILES string of the molecule is Cc1cc(C)cc(CC2(O)CCCNC2)c1. The lowest BCUT2D eigenvalue weighted by atomic mass is 9.87. The first-order valence-electron chi connectivity index (χ1n) is 6.08. The Hall–Kier alpha value is -0.860. The van der Waals surface area contributed by atoms with Gasteiger partial charge in [-0.3, -0.25) is 0 Å². The van der Waals surface area contributed by atoms with Crippen molar-refractivity contribution in [3.63, 3.8) is 0 Å². The Labute approximate surface area is 97.7 Å². The topological polar surface area (TPSA) is 32.3 Å². The number of aliphatic hydroxyl groups is 1. The minimum Gasteiger partial charge on any atom is -0.388 e. The summed E-state index contributed by atoms with van der Waals surface area (Å²) in [4.78, 5) is 0. The molecule has 16 heavy (non-hydrogen) atoms. The van der Waals surface area contributed by atoms with E-state index in [1.807, 2.05) is 0 Å². The van der Waals surface area contributed by atoms with Crippen LogP contribution in [0.4, 0.5) is 0 Å². The molecule has 1 fully saturated rings. The van der Waals surface area contributed by atoms with Gasteiger partial charge in [-0.1, -0.05) is 29.3 Å². The van der Waals surface area contributed by atoms with Crippen LogP contribution in [0.2, 0.25) is 0 Å². The van der Waals surface area contributed by atoms with E-state index < -0.39 is 5.60 Å². The van der Waals surface area contributed by atoms with Crippen LogP contribution in [0.1, 0.15) is 29.5 Å². The average molecular weight is 219 g/mol. The van der Waals surface area contributed by atoms with Crippen molar-refractivity contribution in [3.05, 3.63) is 34.9 Å². The molecule has 1 unspecified atom stereocenters. The van der Waals surface area contributed by atoms with Crippen LogP contribution in [0.5, 0.6) is 0 Å². The molecule has 0 spiro atoms. The zero-order valence-electron chi connectivity index (χ0n) is 10.2. The number of piperidine rings is 1. The fraction of sp³-hybridized carbons (Fsp3) is 0.571. The third kappa shape index (κ3) is 2.83. The second-order valence-corrected chi connectivity index (χ2v) is 5.18. The summed E-state index contributed by atoms with van der Waals surface area (Å²) in [7, 11) is 0. The molecule has 1 aromatic carbocycles. The van der Waals surface area contributed by atoms with Gasteiger partial charge in [-0.05, 0) is 38.8 Å². The third-order valence-corrected chi connectivity index (χ3v) is 3.26. The van der Waals surface area contributed by atoms with E-state index in [2.05, 4.69) is 37.4 Å². The van der Waals surface area contributed by atoms with Crippen LogP contribution in [0.3, 0.4) is 0 Å². The summed E-state index contributed by atoms with van der Waals surface area (Å²) >= 11 is 0. The van der Waals surface area contributed by atoms with E-state index in [1.54, 1.807) is 0 Å². The molecular weight excluding hydrogens is 198 g/mol. The Morgan fingerprint density at radius 2 is 1.94 bits per heavy atom. The molecule has 1 saturated heterocycles. The van der Waals surface area contributed by atoms with Gasteiger partial charge in [-0.2, -0.15) is 0 Å². The molecular formula is C14H21NO. The second-order valence-electron chi connectivity index (χ2n) is 5.18. The van der Waals surface area contributed by atoms with Gasteiger partial charge in [0.05, 0.1) is 5.60 Å². The third-order valence-electron chi connectivity index (χ3n) is 3.26. The van der Waals surface area contributed by atoms with Gasteiger partial charge in [-0.15, -0.1) is 0 Å². The zero-order chi connectivity index (χ0) is 11.6. The molecule has 1 aromatic rings. The van der Waals surface area contributed by atoms with Crippen molar-refractivity contribution < 1.29 is 5.11 Å². The number of benzene rings is 1. The van der Waals surface area contributed by atoms with Crippen molar-refractivity contribution in [2.24, 2.45) is 0 Å².